The molecule has 6 atom stereocenters. The Bertz CT molecular complexity index is 524. The quantitative estimate of drug-likeness (QED) is 0.652. The zero-order valence-corrected chi connectivity index (χ0v) is 16.6. The molecule has 1 amide bonds. The van der Waals surface area contributed by atoms with Crippen LogP contribution in [0.5, 0.6) is 0 Å². The average Bonchev–Trinajstić information content (AvgIpc) is 3.02. The number of fused-ring (bicyclic) bond motifs is 5. The van der Waals surface area contributed by atoms with E-state index >= 15 is 0 Å². The van der Waals surface area contributed by atoms with Crippen LogP contribution >= 0.6 is 0 Å². The van der Waals surface area contributed by atoms with Crippen LogP contribution in [0.1, 0.15) is 79.1 Å². The molecule has 142 valence electrons. The van der Waals surface area contributed by atoms with Crippen LogP contribution in [-0.4, -0.2) is 12.2 Å². The first-order valence-corrected chi connectivity index (χ1v) is 10.4. The van der Waals surface area contributed by atoms with E-state index < -0.39 is 0 Å². The van der Waals surface area contributed by atoms with Gasteiger partial charge in [0.2, 0.25) is 6.41 Å². The van der Waals surface area contributed by atoms with Crippen molar-refractivity contribution in [2.75, 3.05) is 0 Å². The minimum absolute atomic E-state index is 0.136. The van der Waals surface area contributed by atoms with Crippen molar-refractivity contribution in [3.05, 3.63) is 0 Å². The summed E-state index contributed by atoms with van der Waals surface area (Å²) < 4.78 is 0. The molecule has 4 aliphatic carbocycles. The molecule has 4 saturated carbocycles. The molecular weight excluding hydrogens is 310 g/mol. The van der Waals surface area contributed by atoms with Crippen LogP contribution in [0.2, 0.25) is 0 Å². The van der Waals surface area contributed by atoms with Gasteiger partial charge in [-0.3, -0.25) is 9.59 Å². The highest BCUT2D eigenvalue weighted by atomic mass is 16.1. The molecule has 0 aromatic carbocycles. The van der Waals surface area contributed by atoms with Gasteiger partial charge < -0.3 is 5.73 Å². The van der Waals surface area contributed by atoms with E-state index in [9.17, 15) is 4.79 Å². The second-order valence-electron chi connectivity index (χ2n) is 10.2. The van der Waals surface area contributed by atoms with Crippen molar-refractivity contribution >= 4 is 12.2 Å². The molecule has 3 nitrogen and oxygen atoms in total. The molecule has 0 heterocycles. The number of nitrogens with two attached hydrogens (primary N) is 1. The van der Waals surface area contributed by atoms with Gasteiger partial charge in [-0.25, -0.2) is 0 Å². The summed E-state index contributed by atoms with van der Waals surface area (Å²) in [5, 5.41) is 0. The number of hydrogen-bond acceptors (Lipinski definition) is 2. The van der Waals surface area contributed by atoms with E-state index in [-0.39, 0.29) is 17.2 Å². The van der Waals surface area contributed by atoms with Crippen LogP contribution in [0.4, 0.5) is 0 Å². The Hall–Kier alpha value is -0.860. The molecule has 4 rings (SSSR count). The second kappa shape index (κ2) is 6.70. The molecule has 0 radical (unpaired) electrons. The van der Waals surface area contributed by atoms with Gasteiger partial charge in [0.25, 0.3) is 0 Å². The lowest BCUT2D eigenvalue weighted by atomic mass is 9.42. The van der Waals surface area contributed by atoms with Crippen LogP contribution in [0.3, 0.4) is 0 Å². The fourth-order valence-electron chi connectivity index (χ4n) is 7.36. The summed E-state index contributed by atoms with van der Waals surface area (Å²) in [5.41, 5.74) is 4.20. The van der Waals surface area contributed by atoms with Gasteiger partial charge in [-0.15, -0.1) is 0 Å². The largest absolute Gasteiger partial charge is 0.372 e. The first-order chi connectivity index (χ1) is 11.8. The van der Waals surface area contributed by atoms with E-state index in [4.69, 9.17) is 4.79 Å². The maximum atomic E-state index is 12.7. The van der Waals surface area contributed by atoms with E-state index in [1.54, 1.807) is 0 Å². The second-order valence-corrected chi connectivity index (χ2v) is 10.2. The first kappa shape index (κ1) is 18.9. The Kier molecular flexibility index (Phi) is 5.07. The molecule has 4 aliphatic rings. The van der Waals surface area contributed by atoms with Gasteiger partial charge in [0, 0.05) is 11.8 Å². The SMILES string of the molecule is CC1(C)C(=O)CC2CCC3C4CCCC4CCC3C2C1(C)C.NC=O. The van der Waals surface area contributed by atoms with Gasteiger partial charge in [0.05, 0.1) is 0 Å². The van der Waals surface area contributed by atoms with Crippen molar-refractivity contribution in [3.63, 3.8) is 0 Å². The number of amides is 1. The predicted molar refractivity (Wildman–Crippen MR) is 101 cm³/mol. The predicted octanol–water partition coefficient (Wildman–Crippen LogP) is 4.58. The highest BCUT2D eigenvalue weighted by Gasteiger charge is 2.60. The van der Waals surface area contributed by atoms with Gasteiger partial charge >= 0.3 is 0 Å². The smallest absolute Gasteiger partial charge is 0.204 e. The number of carbonyl (C=O) groups excluding carboxylic acids is 2. The molecule has 0 spiro atoms. The van der Waals surface area contributed by atoms with E-state index in [1.165, 1.54) is 44.9 Å². The molecule has 4 fully saturated rings. The van der Waals surface area contributed by atoms with E-state index in [1.807, 2.05) is 0 Å². The number of ketones is 1. The molecule has 6 unspecified atom stereocenters. The van der Waals surface area contributed by atoms with Crippen molar-refractivity contribution < 1.29 is 9.59 Å². The number of primary amides is 1. The van der Waals surface area contributed by atoms with Gasteiger partial charge in [-0.2, -0.15) is 0 Å². The molecule has 2 N–H and O–H groups in total. The Morgan fingerprint density at radius 3 is 2.16 bits per heavy atom. The monoisotopic (exact) mass is 347 g/mol. The van der Waals surface area contributed by atoms with Crippen LogP contribution in [-0.2, 0) is 9.59 Å². The maximum Gasteiger partial charge on any atom is 0.204 e. The third-order valence-electron chi connectivity index (χ3n) is 9.12. The third-order valence-corrected chi connectivity index (χ3v) is 9.12. The van der Waals surface area contributed by atoms with E-state index in [0.717, 1.165) is 36.0 Å². The fourth-order valence-corrected chi connectivity index (χ4v) is 7.36. The summed E-state index contributed by atoms with van der Waals surface area (Å²) in [7, 11) is 0. The van der Waals surface area contributed by atoms with Crippen LogP contribution in [0, 0.1) is 46.3 Å². The molecule has 0 aromatic heterocycles. The van der Waals surface area contributed by atoms with Gasteiger partial charge in [0.1, 0.15) is 5.78 Å². The van der Waals surface area contributed by atoms with Crippen molar-refractivity contribution in [2.45, 2.75) is 79.1 Å². The zero-order chi connectivity index (χ0) is 18.4. The van der Waals surface area contributed by atoms with Gasteiger partial charge in [-0.1, -0.05) is 40.5 Å². The summed E-state index contributed by atoms with van der Waals surface area (Å²) in [4.78, 5) is 21.3. The third kappa shape index (κ3) is 2.86. The molecule has 0 aromatic rings. The Morgan fingerprint density at radius 1 is 0.880 bits per heavy atom. The minimum Gasteiger partial charge on any atom is -0.372 e. The lowest BCUT2D eigenvalue weighted by Gasteiger charge is -2.61. The summed E-state index contributed by atoms with van der Waals surface area (Å²) in [6.45, 7) is 9.31. The van der Waals surface area contributed by atoms with Crippen molar-refractivity contribution in [3.8, 4) is 0 Å². The average molecular weight is 348 g/mol. The summed E-state index contributed by atoms with van der Waals surface area (Å²) >= 11 is 0. The zero-order valence-electron chi connectivity index (χ0n) is 16.6. The van der Waals surface area contributed by atoms with Crippen LogP contribution in [0.25, 0.3) is 0 Å². The van der Waals surface area contributed by atoms with E-state index in [0.29, 0.717) is 11.7 Å². The normalized spacial score (nSPS) is 43.8. The highest BCUT2D eigenvalue weighted by Crippen LogP contribution is 2.64. The van der Waals surface area contributed by atoms with Crippen molar-refractivity contribution in [1.29, 1.82) is 0 Å². The molecule has 0 bridgehead atoms. The number of carbonyl (C=O) groups is 2. The van der Waals surface area contributed by atoms with Gasteiger partial charge in [0.15, 0.2) is 0 Å². The van der Waals surface area contributed by atoms with Crippen LogP contribution < -0.4 is 5.73 Å². The molecule has 3 heteroatoms. The minimum atomic E-state index is -0.136. The molecular formula is C22H37NO2. The number of hydrogen-bond donors (Lipinski definition) is 1. The summed E-state index contributed by atoms with van der Waals surface area (Å²) in [5.74, 6) is 6.02. The summed E-state index contributed by atoms with van der Waals surface area (Å²) in [6, 6.07) is 0. The van der Waals surface area contributed by atoms with Crippen LogP contribution in [0.15, 0.2) is 0 Å². The summed E-state index contributed by atoms with van der Waals surface area (Å²) in [6.07, 6.45) is 11.3. The lowest BCUT2D eigenvalue weighted by molar-refractivity contribution is -0.163. The van der Waals surface area contributed by atoms with Crippen molar-refractivity contribution in [1.82, 2.24) is 0 Å². The molecule has 0 aliphatic heterocycles. The van der Waals surface area contributed by atoms with Gasteiger partial charge in [-0.05, 0) is 73.0 Å². The maximum absolute atomic E-state index is 12.7. The number of rotatable bonds is 0. The Morgan fingerprint density at radius 2 is 1.48 bits per heavy atom. The topological polar surface area (TPSA) is 60.2 Å². The Labute approximate surface area is 153 Å². The first-order valence-electron chi connectivity index (χ1n) is 10.4. The van der Waals surface area contributed by atoms with Crippen molar-refractivity contribution in [2.24, 2.45) is 52.1 Å². The fraction of sp³-hybridized carbons (Fsp3) is 0.909. The molecule has 25 heavy (non-hydrogen) atoms. The highest BCUT2D eigenvalue weighted by molar-refractivity contribution is 5.86. The lowest BCUT2D eigenvalue weighted by Crippen LogP contribution is -2.58. The molecule has 0 saturated heterocycles. The Balaban J connectivity index is 0.000000569. The van der Waals surface area contributed by atoms with E-state index in [2.05, 4.69) is 33.4 Å². The standard InChI is InChI=1S/C21H34O.CH3NO/c1-20(2)18(22)12-14-9-10-16-15-7-5-6-13(15)8-11-17(16)19(14)21(20,3)4;2-1-3/h13-17,19H,5-12H2,1-4H3;1H,(H2,2,3). The number of Topliss-reactive ketones (excluding diaryl/α,β-unsaturated/α-hetero) is 1.